The number of methoxy groups -OCH3 is 1. The number of piperidine rings is 1. The van der Waals surface area contributed by atoms with Crippen molar-refractivity contribution in [1.82, 2.24) is 15.2 Å². The molecule has 0 atom stereocenters. The van der Waals surface area contributed by atoms with Crippen LogP contribution in [0, 0.1) is 6.92 Å². The molecule has 2 N–H and O–H groups in total. The van der Waals surface area contributed by atoms with Gasteiger partial charge in [-0.05, 0) is 49.1 Å². The summed E-state index contributed by atoms with van der Waals surface area (Å²) >= 11 is 0. The second-order valence-corrected chi connectivity index (χ2v) is 7.55. The average molecular weight is 377 g/mol. The Morgan fingerprint density at radius 1 is 1.18 bits per heavy atom. The van der Waals surface area contributed by atoms with Crippen molar-refractivity contribution in [3.05, 3.63) is 65.4 Å². The highest BCUT2D eigenvalue weighted by atomic mass is 16.5. The van der Waals surface area contributed by atoms with Crippen LogP contribution < -0.4 is 10.1 Å². The fraction of sp³-hybridized carbons (Fsp3) is 0.348. The predicted molar refractivity (Wildman–Crippen MR) is 112 cm³/mol. The molecular weight excluding hydrogens is 350 g/mol. The number of hydrogen-bond acceptors (Lipinski definition) is 3. The van der Waals surface area contributed by atoms with Crippen LogP contribution in [0.1, 0.15) is 34.5 Å². The molecule has 0 unspecified atom stereocenters. The molecular formula is C23H27N3O2. The Bertz CT molecular complexity index is 957. The summed E-state index contributed by atoms with van der Waals surface area (Å²) < 4.78 is 5.30. The Morgan fingerprint density at radius 2 is 1.93 bits per heavy atom. The van der Waals surface area contributed by atoms with Gasteiger partial charge in [0.05, 0.1) is 7.11 Å². The summed E-state index contributed by atoms with van der Waals surface area (Å²) in [5.74, 6) is 0.779. The normalized spacial score (nSPS) is 15.6. The standard InChI is InChI=1S/C23H27N3O2/c1-16-20-14-19(28-2)8-9-21(20)25-22(16)23(27)24-18-10-12-26(13-11-18)15-17-6-4-3-5-7-17/h3-9,14,18,25H,10-13,15H2,1-2H3,(H,24,27). The molecule has 1 aromatic heterocycles. The van der Waals surface area contributed by atoms with Crippen molar-refractivity contribution in [2.45, 2.75) is 32.4 Å². The molecule has 1 amide bonds. The van der Waals surface area contributed by atoms with Crippen molar-refractivity contribution in [2.24, 2.45) is 0 Å². The van der Waals surface area contributed by atoms with E-state index in [2.05, 4.69) is 39.5 Å². The minimum Gasteiger partial charge on any atom is -0.497 e. The molecule has 0 radical (unpaired) electrons. The van der Waals surface area contributed by atoms with Gasteiger partial charge >= 0.3 is 0 Å². The van der Waals surface area contributed by atoms with E-state index < -0.39 is 0 Å². The van der Waals surface area contributed by atoms with E-state index in [1.54, 1.807) is 7.11 Å². The number of amides is 1. The number of carbonyl (C=O) groups is 1. The van der Waals surface area contributed by atoms with Crippen molar-refractivity contribution in [1.29, 1.82) is 0 Å². The topological polar surface area (TPSA) is 57.4 Å². The van der Waals surface area contributed by atoms with Crippen LogP contribution in [0.25, 0.3) is 10.9 Å². The number of hydrogen-bond donors (Lipinski definition) is 2. The Morgan fingerprint density at radius 3 is 2.64 bits per heavy atom. The van der Waals surface area contributed by atoms with E-state index in [0.29, 0.717) is 5.69 Å². The lowest BCUT2D eigenvalue weighted by molar-refractivity contribution is 0.0904. The van der Waals surface area contributed by atoms with Gasteiger partial charge in [0, 0.05) is 36.6 Å². The number of aromatic amines is 1. The summed E-state index contributed by atoms with van der Waals surface area (Å²) in [7, 11) is 1.65. The van der Waals surface area contributed by atoms with Gasteiger partial charge in [-0.1, -0.05) is 30.3 Å². The van der Waals surface area contributed by atoms with Crippen LogP contribution in [-0.4, -0.2) is 42.0 Å². The van der Waals surface area contributed by atoms with Crippen LogP contribution in [0.4, 0.5) is 0 Å². The molecule has 2 heterocycles. The second-order valence-electron chi connectivity index (χ2n) is 7.55. The Kier molecular flexibility index (Phi) is 5.35. The molecule has 3 aromatic rings. The highest BCUT2D eigenvalue weighted by Gasteiger charge is 2.23. The first-order valence-corrected chi connectivity index (χ1v) is 9.87. The fourth-order valence-corrected chi connectivity index (χ4v) is 3.99. The summed E-state index contributed by atoms with van der Waals surface area (Å²) in [5.41, 5.74) is 3.91. The van der Waals surface area contributed by atoms with Gasteiger partial charge in [0.2, 0.25) is 0 Å². The van der Waals surface area contributed by atoms with E-state index in [1.165, 1.54) is 5.56 Å². The Balaban J connectivity index is 1.37. The van der Waals surface area contributed by atoms with Crippen molar-refractivity contribution in [2.75, 3.05) is 20.2 Å². The van der Waals surface area contributed by atoms with Gasteiger partial charge in [0.25, 0.3) is 5.91 Å². The molecule has 1 fully saturated rings. The number of likely N-dealkylation sites (tertiary alicyclic amines) is 1. The first kappa shape index (κ1) is 18.6. The number of fused-ring (bicyclic) bond motifs is 1. The van der Waals surface area contributed by atoms with E-state index in [-0.39, 0.29) is 11.9 Å². The minimum atomic E-state index is -0.0193. The highest BCUT2D eigenvalue weighted by molar-refractivity contribution is 6.01. The molecule has 28 heavy (non-hydrogen) atoms. The third-order valence-corrected chi connectivity index (χ3v) is 5.66. The third-order valence-electron chi connectivity index (χ3n) is 5.66. The maximum Gasteiger partial charge on any atom is 0.268 e. The Hall–Kier alpha value is -2.79. The van der Waals surface area contributed by atoms with Crippen molar-refractivity contribution >= 4 is 16.8 Å². The van der Waals surface area contributed by atoms with E-state index in [1.807, 2.05) is 31.2 Å². The molecule has 2 aromatic carbocycles. The van der Waals surface area contributed by atoms with Gasteiger partial charge in [-0.3, -0.25) is 9.69 Å². The van der Waals surface area contributed by atoms with Crippen molar-refractivity contribution < 1.29 is 9.53 Å². The molecule has 0 aliphatic carbocycles. The highest BCUT2D eigenvalue weighted by Crippen LogP contribution is 2.26. The van der Waals surface area contributed by atoms with E-state index >= 15 is 0 Å². The number of nitrogens with zero attached hydrogens (tertiary/aromatic N) is 1. The SMILES string of the molecule is COc1ccc2[nH]c(C(=O)NC3CCN(Cc4ccccc4)CC3)c(C)c2c1. The number of rotatable bonds is 5. The molecule has 5 heteroatoms. The van der Waals surface area contributed by atoms with E-state index in [9.17, 15) is 4.79 Å². The smallest absolute Gasteiger partial charge is 0.268 e. The maximum absolute atomic E-state index is 12.8. The van der Waals surface area contributed by atoms with Crippen LogP contribution >= 0.6 is 0 Å². The molecule has 0 spiro atoms. The largest absolute Gasteiger partial charge is 0.497 e. The number of nitrogens with one attached hydrogen (secondary N) is 2. The monoisotopic (exact) mass is 377 g/mol. The molecule has 1 aliphatic heterocycles. The molecule has 146 valence electrons. The number of aromatic nitrogens is 1. The van der Waals surface area contributed by atoms with Gasteiger partial charge < -0.3 is 15.0 Å². The molecule has 0 bridgehead atoms. The van der Waals surface area contributed by atoms with Gasteiger partial charge in [0.15, 0.2) is 0 Å². The second kappa shape index (κ2) is 8.07. The summed E-state index contributed by atoms with van der Waals surface area (Å²) in [6, 6.07) is 16.6. The van der Waals surface area contributed by atoms with Crippen LogP contribution in [-0.2, 0) is 6.54 Å². The van der Waals surface area contributed by atoms with Crippen LogP contribution in [0.3, 0.4) is 0 Å². The van der Waals surface area contributed by atoms with Crippen molar-refractivity contribution in [3.63, 3.8) is 0 Å². The molecule has 1 aliphatic rings. The predicted octanol–water partition coefficient (Wildman–Crippen LogP) is 3.88. The lowest BCUT2D eigenvalue weighted by Gasteiger charge is -2.32. The zero-order chi connectivity index (χ0) is 19.5. The molecule has 1 saturated heterocycles. The maximum atomic E-state index is 12.8. The van der Waals surface area contributed by atoms with Crippen LogP contribution in [0.15, 0.2) is 48.5 Å². The lowest BCUT2D eigenvalue weighted by atomic mass is 10.0. The van der Waals surface area contributed by atoms with Crippen LogP contribution in [0.2, 0.25) is 0 Å². The van der Waals surface area contributed by atoms with Crippen LogP contribution in [0.5, 0.6) is 5.75 Å². The number of ether oxygens (including phenoxy) is 1. The summed E-state index contributed by atoms with van der Waals surface area (Å²) in [5, 5.41) is 4.25. The summed E-state index contributed by atoms with van der Waals surface area (Å²) in [4.78, 5) is 18.6. The summed E-state index contributed by atoms with van der Waals surface area (Å²) in [6.07, 6.45) is 1.96. The third kappa shape index (κ3) is 3.90. The van der Waals surface area contributed by atoms with Gasteiger partial charge in [-0.25, -0.2) is 0 Å². The minimum absolute atomic E-state index is 0.0193. The lowest BCUT2D eigenvalue weighted by Crippen LogP contribution is -2.44. The summed E-state index contributed by atoms with van der Waals surface area (Å²) in [6.45, 7) is 4.96. The Labute approximate surface area is 165 Å². The quantitative estimate of drug-likeness (QED) is 0.709. The molecule has 5 nitrogen and oxygen atoms in total. The number of aryl methyl sites for hydroxylation is 1. The first-order chi connectivity index (χ1) is 13.6. The zero-order valence-electron chi connectivity index (χ0n) is 16.5. The zero-order valence-corrected chi connectivity index (χ0v) is 16.5. The van der Waals surface area contributed by atoms with E-state index in [4.69, 9.17) is 4.74 Å². The van der Waals surface area contributed by atoms with Gasteiger partial charge in [-0.2, -0.15) is 0 Å². The van der Waals surface area contributed by atoms with Gasteiger partial charge in [-0.15, -0.1) is 0 Å². The molecule has 0 saturated carbocycles. The fourth-order valence-electron chi connectivity index (χ4n) is 3.99. The number of benzene rings is 2. The first-order valence-electron chi connectivity index (χ1n) is 9.87. The van der Waals surface area contributed by atoms with Crippen molar-refractivity contribution in [3.8, 4) is 5.75 Å². The molecule has 4 rings (SSSR count). The van der Waals surface area contributed by atoms with E-state index in [0.717, 1.165) is 54.7 Å². The number of carbonyl (C=O) groups excluding carboxylic acids is 1. The van der Waals surface area contributed by atoms with Gasteiger partial charge in [0.1, 0.15) is 11.4 Å². The number of H-pyrrole nitrogens is 1. The average Bonchev–Trinajstić information content (AvgIpc) is 3.06.